The summed E-state index contributed by atoms with van der Waals surface area (Å²) in [6.07, 6.45) is 0.199. The summed E-state index contributed by atoms with van der Waals surface area (Å²) in [5.41, 5.74) is 1.10. The van der Waals surface area contributed by atoms with Crippen molar-refractivity contribution < 1.29 is 13.2 Å². The predicted molar refractivity (Wildman–Crippen MR) is 66.6 cm³/mol. The Kier molecular flexibility index (Phi) is 4.76. The molecule has 106 valence electrons. The van der Waals surface area contributed by atoms with Crippen LogP contribution in [0.25, 0.3) is 0 Å². The third-order valence-corrected chi connectivity index (χ3v) is 3.21. The maximum absolute atomic E-state index is 12.4. The quantitative estimate of drug-likeness (QED) is 0.841. The second kappa shape index (κ2) is 6.34. The van der Waals surface area contributed by atoms with Crippen LogP contribution >= 0.6 is 0 Å². The van der Waals surface area contributed by atoms with E-state index in [0.717, 1.165) is 25.1 Å². The lowest BCUT2D eigenvalue weighted by molar-refractivity contribution is -0.145. The Morgan fingerprint density at radius 2 is 1.84 bits per heavy atom. The van der Waals surface area contributed by atoms with E-state index in [1.165, 1.54) is 4.90 Å². The first-order valence-electron chi connectivity index (χ1n) is 6.43. The minimum atomic E-state index is -4.10. The molecular weight excluding hydrogens is 255 g/mol. The molecular formula is C13H18F3N3. The molecule has 19 heavy (non-hydrogen) atoms. The number of halogens is 3. The van der Waals surface area contributed by atoms with E-state index >= 15 is 0 Å². The summed E-state index contributed by atoms with van der Waals surface area (Å²) in [7, 11) is 0. The van der Waals surface area contributed by atoms with Crippen molar-refractivity contribution in [2.75, 3.05) is 32.7 Å². The van der Waals surface area contributed by atoms with Crippen LogP contribution in [0, 0.1) is 0 Å². The Hall–Kier alpha value is -1.14. The zero-order valence-corrected chi connectivity index (χ0v) is 10.7. The molecule has 2 heterocycles. The highest BCUT2D eigenvalue weighted by Crippen LogP contribution is 2.18. The normalized spacial score (nSPS) is 19.3. The van der Waals surface area contributed by atoms with Gasteiger partial charge >= 0.3 is 6.18 Å². The molecule has 0 spiro atoms. The standard InChI is InChI=1S/C13H18F3N3/c14-13(15,16)11-19-6-2-5-18(7-8-19)10-12-3-1-4-17-9-12/h1,3-4,9H,2,5-8,10-11H2. The zero-order valence-electron chi connectivity index (χ0n) is 10.7. The Morgan fingerprint density at radius 1 is 1.11 bits per heavy atom. The van der Waals surface area contributed by atoms with Crippen molar-refractivity contribution >= 4 is 0 Å². The lowest BCUT2D eigenvalue weighted by Crippen LogP contribution is -2.37. The molecule has 0 N–H and O–H groups in total. The van der Waals surface area contributed by atoms with Crippen LogP contribution in [-0.2, 0) is 6.54 Å². The van der Waals surface area contributed by atoms with Gasteiger partial charge in [-0.05, 0) is 31.1 Å². The summed E-state index contributed by atoms with van der Waals surface area (Å²) >= 11 is 0. The molecule has 0 aromatic carbocycles. The number of pyridine rings is 1. The average Bonchev–Trinajstić information content (AvgIpc) is 2.54. The van der Waals surface area contributed by atoms with Crippen molar-refractivity contribution in [3.8, 4) is 0 Å². The molecule has 2 rings (SSSR count). The Labute approximate surface area is 111 Å². The van der Waals surface area contributed by atoms with E-state index in [4.69, 9.17) is 0 Å². The molecule has 0 atom stereocenters. The van der Waals surface area contributed by atoms with E-state index in [-0.39, 0.29) is 0 Å². The molecule has 1 fully saturated rings. The summed E-state index contributed by atoms with van der Waals surface area (Å²) in [4.78, 5) is 7.73. The Bertz CT molecular complexity index is 380. The van der Waals surface area contributed by atoms with Gasteiger partial charge in [0.1, 0.15) is 0 Å². The SMILES string of the molecule is FC(F)(F)CN1CCCN(Cc2cccnc2)CC1. The smallest absolute Gasteiger partial charge is 0.298 e. The number of rotatable bonds is 3. The van der Waals surface area contributed by atoms with Gasteiger partial charge in [-0.15, -0.1) is 0 Å². The maximum Gasteiger partial charge on any atom is 0.401 e. The number of alkyl halides is 3. The Balaban J connectivity index is 1.83. The highest BCUT2D eigenvalue weighted by Gasteiger charge is 2.31. The summed E-state index contributed by atoms with van der Waals surface area (Å²) in [5, 5.41) is 0. The van der Waals surface area contributed by atoms with E-state index < -0.39 is 12.7 Å². The van der Waals surface area contributed by atoms with Gasteiger partial charge in [0.05, 0.1) is 6.54 Å². The topological polar surface area (TPSA) is 19.4 Å². The highest BCUT2D eigenvalue weighted by atomic mass is 19.4. The summed E-state index contributed by atoms with van der Waals surface area (Å²) in [6, 6.07) is 3.87. The molecule has 0 amide bonds. The highest BCUT2D eigenvalue weighted by molar-refractivity contribution is 5.08. The van der Waals surface area contributed by atoms with Crippen LogP contribution in [0.15, 0.2) is 24.5 Å². The van der Waals surface area contributed by atoms with Crippen molar-refractivity contribution in [2.45, 2.75) is 19.1 Å². The van der Waals surface area contributed by atoms with Crippen LogP contribution in [0.4, 0.5) is 13.2 Å². The lowest BCUT2D eigenvalue weighted by atomic mass is 10.2. The largest absolute Gasteiger partial charge is 0.401 e. The molecule has 3 nitrogen and oxygen atoms in total. The van der Waals surface area contributed by atoms with Gasteiger partial charge in [-0.1, -0.05) is 6.07 Å². The second-order valence-electron chi connectivity index (χ2n) is 4.88. The molecule has 1 saturated heterocycles. The van der Waals surface area contributed by atoms with Gasteiger partial charge in [-0.2, -0.15) is 13.2 Å². The van der Waals surface area contributed by atoms with Gasteiger partial charge in [0.25, 0.3) is 0 Å². The van der Waals surface area contributed by atoms with Crippen LogP contribution in [0.2, 0.25) is 0 Å². The fourth-order valence-corrected chi connectivity index (χ4v) is 2.34. The van der Waals surface area contributed by atoms with Gasteiger partial charge in [-0.25, -0.2) is 0 Å². The van der Waals surface area contributed by atoms with Crippen LogP contribution in [0.3, 0.4) is 0 Å². The molecule has 0 bridgehead atoms. The van der Waals surface area contributed by atoms with E-state index in [1.807, 2.05) is 12.1 Å². The van der Waals surface area contributed by atoms with Crippen molar-refractivity contribution in [2.24, 2.45) is 0 Å². The van der Waals surface area contributed by atoms with Crippen LogP contribution in [0.5, 0.6) is 0 Å². The summed E-state index contributed by atoms with van der Waals surface area (Å²) in [5.74, 6) is 0. The third kappa shape index (κ3) is 5.16. The molecule has 0 saturated carbocycles. The number of hydrogen-bond donors (Lipinski definition) is 0. The first kappa shape index (κ1) is 14.3. The van der Waals surface area contributed by atoms with Crippen molar-refractivity contribution in [1.29, 1.82) is 0 Å². The molecule has 0 radical (unpaired) electrons. The number of nitrogens with zero attached hydrogens (tertiary/aromatic N) is 3. The van der Waals surface area contributed by atoms with E-state index in [0.29, 0.717) is 19.6 Å². The van der Waals surface area contributed by atoms with Crippen molar-refractivity contribution in [3.05, 3.63) is 30.1 Å². The van der Waals surface area contributed by atoms with Crippen LogP contribution in [-0.4, -0.2) is 53.7 Å². The lowest BCUT2D eigenvalue weighted by Gasteiger charge is -2.22. The fourth-order valence-electron chi connectivity index (χ4n) is 2.34. The molecule has 0 aliphatic carbocycles. The van der Waals surface area contributed by atoms with Crippen molar-refractivity contribution in [1.82, 2.24) is 14.8 Å². The van der Waals surface area contributed by atoms with E-state index in [2.05, 4.69) is 9.88 Å². The molecule has 0 unspecified atom stereocenters. The molecule has 1 aromatic heterocycles. The molecule has 6 heteroatoms. The third-order valence-electron chi connectivity index (χ3n) is 3.21. The van der Waals surface area contributed by atoms with Gasteiger partial charge in [-0.3, -0.25) is 14.8 Å². The minimum Gasteiger partial charge on any atom is -0.298 e. The maximum atomic E-state index is 12.4. The first-order chi connectivity index (χ1) is 9.03. The Morgan fingerprint density at radius 3 is 2.53 bits per heavy atom. The first-order valence-corrected chi connectivity index (χ1v) is 6.43. The number of hydrogen-bond acceptors (Lipinski definition) is 3. The van der Waals surface area contributed by atoms with E-state index in [1.54, 1.807) is 12.4 Å². The summed E-state index contributed by atoms with van der Waals surface area (Å²) < 4.78 is 37.1. The molecule has 1 aromatic rings. The van der Waals surface area contributed by atoms with Crippen molar-refractivity contribution in [3.63, 3.8) is 0 Å². The predicted octanol–water partition coefficient (Wildman–Crippen LogP) is 2.15. The van der Waals surface area contributed by atoms with Gasteiger partial charge < -0.3 is 0 Å². The van der Waals surface area contributed by atoms with Gasteiger partial charge in [0.15, 0.2) is 0 Å². The zero-order chi connectivity index (χ0) is 13.7. The summed E-state index contributed by atoms with van der Waals surface area (Å²) in [6.45, 7) is 2.46. The van der Waals surface area contributed by atoms with E-state index in [9.17, 15) is 13.2 Å². The molecule has 1 aliphatic heterocycles. The van der Waals surface area contributed by atoms with Gasteiger partial charge in [0.2, 0.25) is 0 Å². The van der Waals surface area contributed by atoms with Crippen LogP contribution < -0.4 is 0 Å². The minimum absolute atomic E-state index is 0.472. The molecule has 1 aliphatic rings. The number of aromatic nitrogens is 1. The van der Waals surface area contributed by atoms with Gasteiger partial charge in [0, 0.05) is 32.0 Å². The van der Waals surface area contributed by atoms with Crippen LogP contribution in [0.1, 0.15) is 12.0 Å². The second-order valence-corrected chi connectivity index (χ2v) is 4.88. The monoisotopic (exact) mass is 273 g/mol. The average molecular weight is 273 g/mol. The fraction of sp³-hybridized carbons (Fsp3) is 0.615.